The Bertz CT molecular complexity index is 786. The molecule has 0 aromatic rings. The van der Waals surface area contributed by atoms with E-state index in [-0.39, 0.29) is 16.9 Å². The van der Waals surface area contributed by atoms with Gasteiger partial charge in [0.25, 0.3) is 0 Å². The van der Waals surface area contributed by atoms with E-state index < -0.39 is 0 Å². The number of rotatable bonds is 2. The number of fused-ring (bicyclic) bond motifs is 7. The standard InChI is InChI=1S/C30H50O2/c1-19(2)20-10-15-30(18-31)17-16-28(6)21(25(20)30)8-9-23-27(5)13-12-24(32)26(3,4)22(27)11-14-29(23,28)7/h20-25,31-32H,1,8-18H2,2-7H3/t20-,21-,22+,23+,24+,25+,27+,28+,29-,30-/m1/s1. The van der Waals surface area contributed by atoms with Crippen LogP contribution in [0.4, 0.5) is 0 Å². The van der Waals surface area contributed by atoms with Gasteiger partial charge in [-0.1, -0.05) is 46.8 Å². The smallest absolute Gasteiger partial charge is 0.0594 e. The van der Waals surface area contributed by atoms with E-state index in [4.69, 9.17) is 0 Å². The van der Waals surface area contributed by atoms with E-state index in [9.17, 15) is 10.2 Å². The van der Waals surface area contributed by atoms with Crippen molar-refractivity contribution in [2.75, 3.05) is 6.61 Å². The summed E-state index contributed by atoms with van der Waals surface area (Å²) in [4.78, 5) is 0. The Balaban J connectivity index is 1.55. The Morgan fingerprint density at radius 2 is 1.53 bits per heavy atom. The molecule has 0 aromatic heterocycles. The van der Waals surface area contributed by atoms with Gasteiger partial charge in [0.2, 0.25) is 0 Å². The highest BCUT2D eigenvalue weighted by Crippen LogP contribution is 2.77. The van der Waals surface area contributed by atoms with Crippen molar-refractivity contribution in [1.29, 1.82) is 0 Å². The second-order valence-corrected chi connectivity index (χ2v) is 14.6. The van der Waals surface area contributed by atoms with Crippen LogP contribution in [-0.4, -0.2) is 22.9 Å². The third-order valence-corrected chi connectivity index (χ3v) is 13.5. The largest absolute Gasteiger partial charge is 0.396 e. The highest BCUT2D eigenvalue weighted by atomic mass is 16.3. The molecule has 0 amide bonds. The number of allylic oxidation sites excluding steroid dienone is 1. The average molecular weight is 443 g/mol. The van der Waals surface area contributed by atoms with Crippen LogP contribution in [0.5, 0.6) is 0 Å². The number of hydrogen-bond donors (Lipinski definition) is 2. The molecule has 0 radical (unpaired) electrons. The van der Waals surface area contributed by atoms with E-state index in [2.05, 4.69) is 48.1 Å². The average Bonchev–Trinajstić information content (AvgIpc) is 3.12. The summed E-state index contributed by atoms with van der Waals surface area (Å²) in [5.41, 5.74) is 2.60. The molecule has 0 bridgehead atoms. The lowest BCUT2D eigenvalue weighted by Gasteiger charge is -2.73. The molecule has 5 aliphatic carbocycles. The van der Waals surface area contributed by atoms with Gasteiger partial charge in [0.1, 0.15) is 0 Å². The number of aliphatic hydroxyl groups is 2. The molecule has 0 aliphatic heterocycles. The molecular formula is C30H50O2. The molecule has 0 spiro atoms. The van der Waals surface area contributed by atoms with E-state index in [1.807, 2.05) is 0 Å². The Labute approximate surface area is 197 Å². The SMILES string of the molecule is C=C(C)[C@H]1CC[C@]2(CO)CC[C@@]3(C)[C@H](CC[C@H]4[C@@]5(C)CC[C@H](O)C(C)(C)[C@@H]5CC[C@]43C)[C@H]12. The zero-order valence-electron chi connectivity index (χ0n) is 21.8. The van der Waals surface area contributed by atoms with Crippen molar-refractivity contribution in [2.45, 2.75) is 112 Å². The third kappa shape index (κ3) is 2.66. The summed E-state index contributed by atoms with van der Waals surface area (Å²) in [6.07, 6.45) is 12.2. The Kier molecular flexibility index (Phi) is 5.19. The molecule has 2 nitrogen and oxygen atoms in total. The maximum Gasteiger partial charge on any atom is 0.0594 e. The van der Waals surface area contributed by atoms with Crippen molar-refractivity contribution in [1.82, 2.24) is 0 Å². The van der Waals surface area contributed by atoms with Crippen LogP contribution < -0.4 is 0 Å². The van der Waals surface area contributed by atoms with Crippen molar-refractivity contribution in [3.05, 3.63) is 12.2 Å². The van der Waals surface area contributed by atoms with Gasteiger partial charge in [-0.25, -0.2) is 0 Å². The highest BCUT2D eigenvalue weighted by molar-refractivity contribution is 5.21. The van der Waals surface area contributed by atoms with Crippen molar-refractivity contribution in [3.63, 3.8) is 0 Å². The summed E-state index contributed by atoms with van der Waals surface area (Å²) in [7, 11) is 0. The van der Waals surface area contributed by atoms with Crippen LogP contribution in [0.15, 0.2) is 12.2 Å². The van der Waals surface area contributed by atoms with Crippen molar-refractivity contribution in [3.8, 4) is 0 Å². The first kappa shape index (κ1) is 23.4. The molecule has 0 unspecified atom stereocenters. The number of aliphatic hydroxyl groups excluding tert-OH is 2. The minimum atomic E-state index is -0.147. The van der Waals surface area contributed by atoms with E-state index >= 15 is 0 Å². The minimum absolute atomic E-state index is 0.0290. The summed E-state index contributed by atoms with van der Waals surface area (Å²) < 4.78 is 0. The van der Waals surface area contributed by atoms with E-state index in [1.165, 1.54) is 63.4 Å². The van der Waals surface area contributed by atoms with Crippen LogP contribution in [-0.2, 0) is 0 Å². The predicted molar refractivity (Wildman–Crippen MR) is 132 cm³/mol. The fourth-order valence-corrected chi connectivity index (χ4v) is 11.5. The van der Waals surface area contributed by atoms with Gasteiger partial charge in [-0.15, -0.1) is 0 Å². The quantitative estimate of drug-likeness (QED) is 0.452. The van der Waals surface area contributed by atoms with Crippen LogP contribution in [0, 0.1) is 56.7 Å². The van der Waals surface area contributed by atoms with E-state index in [0.29, 0.717) is 40.6 Å². The fraction of sp³-hybridized carbons (Fsp3) is 0.933. The third-order valence-electron chi connectivity index (χ3n) is 13.5. The molecule has 10 atom stereocenters. The molecule has 2 heteroatoms. The zero-order chi connectivity index (χ0) is 23.3. The van der Waals surface area contributed by atoms with Crippen LogP contribution in [0.25, 0.3) is 0 Å². The molecule has 5 aliphatic rings. The first-order valence-electron chi connectivity index (χ1n) is 13.8. The Hall–Kier alpha value is -0.340. The highest BCUT2D eigenvalue weighted by Gasteiger charge is 2.70. The van der Waals surface area contributed by atoms with Crippen molar-refractivity contribution < 1.29 is 10.2 Å². The van der Waals surface area contributed by atoms with Gasteiger partial charge in [0.15, 0.2) is 0 Å². The Morgan fingerprint density at radius 1 is 0.812 bits per heavy atom. The molecule has 5 rings (SSSR count). The molecule has 0 saturated heterocycles. The molecule has 5 saturated carbocycles. The van der Waals surface area contributed by atoms with Gasteiger partial charge in [-0.2, -0.15) is 0 Å². The van der Waals surface area contributed by atoms with Crippen molar-refractivity contribution in [2.24, 2.45) is 56.7 Å². The van der Waals surface area contributed by atoms with Gasteiger partial charge >= 0.3 is 0 Å². The number of hydrogen-bond acceptors (Lipinski definition) is 2. The monoisotopic (exact) mass is 442 g/mol. The maximum absolute atomic E-state index is 10.9. The molecule has 5 fully saturated rings. The maximum atomic E-state index is 10.9. The van der Waals surface area contributed by atoms with Crippen LogP contribution in [0.2, 0.25) is 0 Å². The lowest BCUT2D eigenvalue weighted by Crippen LogP contribution is -2.66. The van der Waals surface area contributed by atoms with Gasteiger partial charge in [0.05, 0.1) is 6.10 Å². The minimum Gasteiger partial charge on any atom is -0.396 e. The second kappa shape index (κ2) is 7.09. The second-order valence-electron chi connectivity index (χ2n) is 14.6. The van der Waals surface area contributed by atoms with Gasteiger partial charge < -0.3 is 10.2 Å². The summed E-state index contributed by atoms with van der Waals surface area (Å²) in [6.45, 7) is 19.7. The first-order valence-corrected chi connectivity index (χ1v) is 13.8. The lowest BCUT2D eigenvalue weighted by molar-refractivity contribution is -0.249. The summed E-state index contributed by atoms with van der Waals surface area (Å²) in [5, 5.41) is 21.5. The summed E-state index contributed by atoms with van der Waals surface area (Å²) in [5.74, 6) is 3.33. The van der Waals surface area contributed by atoms with Gasteiger partial charge in [-0.3, -0.25) is 0 Å². The lowest BCUT2D eigenvalue weighted by atomic mass is 9.32. The van der Waals surface area contributed by atoms with Crippen LogP contribution in [0.1, 0.15) is 106 Å². The summed E-state index contributed by atoms with van der Waals surface area (Å²) >= 11 is 0. The molecule has 32 heavy (non-hydrogen) atoms. The Morgan fingerprint density at radius 3 is 2.19 bits per heavy atom. The first-order chi connectivity index (χ1) is 14.9. The fourth-order valence-electron chi connectivity index (χ4n) is 11.5. The molecule has 182 valence electrons. The van der Waals surface area contributed by atoms with E-state index in [1.54, 1.807) is 0 Å². The van der Waals surface area contributed by atoms with Gasteiger partial charge in [-0.05, 0) is 128 Å². The van der Waals surface area contributed by atoms with Crippen molar-refractivity contribution >= 4 is 0 Å². The zero-order valence-corrected chi connectivity index (χ0v) is 21.8. The van der Waals surface area contributed by atoms with Gasteiger partial charge in [0, 0.05) is 6.61 Å². The van der Waals surface area contributed by atoms with E-state index in [0.717, 1.165) is 18.3 Å². The topological polar surface area (TPSA) is 40.5 Å². The summed E-state index contributed by atoms with van der Waals surface area (Å²) in [6, 6.07) is 0. The molecular weight excluding hydrogens is 392 g/mol. The predicted octanol–water partition coefficient (Wildman–Crippen LogP) is 7.00. The molecule has 0 aromatic carbocycles. The van der Waals surface area contributed by atoms with Crippen LogP contribution >= 0.6 is 0 Å². The molecule has 2 N–H and O–H groups in total. The normalized spacial score (nSPS) is 56.5. The molecule has 0 heterocycles. The van der Waals surface area contributed by atoms with Crippen LogP contribution in [0.3, 0.4) is 0 Å².